The Labute approximate surface area is 204 Å². The Morgan fingerprint density at radius 3 is 2.69 bits per heavy atom. The van der Waals surface area contributed by atoms with E-state index >= 15 is 0 Å². The molecule has 0 radical (unpaired) electrons. The number of aromatic nitrogens is 4. The van der Waals surface area contributed by atoms with Crippen molar-refractivity contribution in [1.82, 2.24) is 24.2 Å². The van der Waals surface area contributed by atoms with Crippen LogP contribution in [0.1, 0.15) is 11.1 Å². The molecule has 2 aliphatic heterocycles. The molecule has 2 aromatic heterocycles. The van der Waals surface area contributed by atoms with Gasteiger partial charge in [0.1, 0.15) is 6.33 Å². The second-order valence-electron chi connectivity index (χ2n) is 9.76. The normalized spacial score (nSPS) is 18.7. The highest BCUT2D eigenvalue weighted by Crippen LogP contribution is 2.35. The van der Waals surface area contributed by atoms with Crippen LogP contribution >= 0.6 is 0 Å². The fourth-order valence-corrected chi connectivity index (χ4v) is 5.34. The van der Waals surface area contributed by atoms with Crippen LogP contribution in [0, 0.1) is 17.2 Å². The predicted octanol–water partition coefficient (Wildman–Crippen LogP) is 2.99. The summed E-state index contributed by atoms with van der Waals surface area (Å²) in [6.45, 7) is 3.06. The van der Waals surface area contributed by atoms with Gasteiger partial charge in [0, 0.05) is 49.5 Å². The minimum Gasteiger partial charge on any atom is -0.391 e. The summed E-state index contributed by atoms with van der Waals surface area (Å²) in [7, 11) is 4.10. The minimum absolute atomic E-state index is 0.235. The highest BCUT2D eigenvalue weighted by atomic mass is 16.3. The Kier molecular flexibility index (Phi) is 5.17. The van der Waals surface area contributed by atoms with Crippen molar-refractivity contribution < 1.29 is 5.11 Å². The number of nitriles is 1. The summed E-state index contributed by atoms with van der Waals surface area (Å²) in [5.74, 6) is 1.04. The molecule has 8 heteroatoms. The Hall–Kier alpha value is -3.93. The number of rotatable bonds is 4. The lowest BCUT2D eigenvalue weighted by Gasteiger charge is -2.21. The molecule has 0 saturated carbocycles. The number of anilines is 1. The zero-order valence-corrected chi connectivity index (χ0v) is 19.8. The average Bonchev–Trinajstić information content (AvgIpc) is 3.56. The van der Waals surface area contributed by atoms with Gasteiger partial charge in [-0.2, -0.15) is 5.26 Å². The van der Waals surface area contributed by atoms with Gasteiger partial charge in [0.05, 0.1) is 29.1 Å². The average molecular weight is 466 g/mol. The number of β-amino-alcohol motifs (C(OH)–C–C–N with tert-alkyl or cyclic N) is 1. The summed E-state index contributed by atoms with van der Waals surface area (Å²) in [5.41, 5.74) is 7.16. The lowest BCUT2D eigenvalue weighted by molar-refractivity contribution is 0.130. The standard InChI is InChI=1S/C27H27N7O/c1-31(2)12-22-15-32(16-26(22)35)23-7-8-24-21(9-23)14-33-13-20(19-5-3-18(11-28)4-6-19)10-25(33)27-30-29-17-34(24)27/h3-10,13,17,22,26,35H,12,14-16H2,1-2H3/t22-,26+/m0/s1. The van der Waals surface area contributed by atoms with Crippen molar-refractivity contribution in [2.75, 3.05) is 38.6 Å². The van der Waals surface area contributed by atoms with Crippen molar-refractivity contribution in [1.29, 1.82) is 5.26 Å². The van der Waals surface area contributed by atoms with Gasteiger partial charge in [0.2, 0.25) is 0 Å². The lowest BCUT2D eigenvalue weighted by atomic mass is 10.1. The molecule has 4 aromatic rings. The minimum atomic E-state index is -0.327. The van der Waals surface area contributed by atoms with Crippen molar-refractivity contribution in [3.8, 4) is 34.4 Å². The van der Waals surface area contributed by atoms with E-state index in [4.69, 9.17) is 5.26 Å². The zero-order valence-electron chi connectivity index (χ0n) is 19.8. The van der Waals surface area contributed by atoms with Crippen LogP contribution in [0.5, 0.6) is 0 Å². The summed E-state index contributed by atoms with van der Waals surface area (Å²) in [4.78, 5) is 4.43. The maximum Gasteiger partial charge on any atom is 0.185 e. The first-order valence-corrected chi connectivity index (χ1v) is 11.8. The highest BCUT2D eigenvalue weighted by molar-refractivity contribution is 5.72. The molecule has 2 aliphatic rings. The Bertz CT molecular complexity index is 1430. The number of fused-ring (bicyclic) bond motifs is 5. The fraction of sp³-hybridized carbons (Fsp3) is 0.296. The summed E-state index contributed by atoms with van der Waals surface area (Å²) in [5, 5.41) is 28.4. The van der Waals surface area contributed by atoms with Gasteiger partial charge in [0.15, 0.2) is 5.82 Å². The summed E-state index contributed by atoms with van der Waals surface area (Å²) >= 11 is 0. The van der Waals surface area contributed by atoms with Crippen LogP contribution in [0.3, 0.4) is 0 Å². The first-order valence-electron chi connectivity index (χ1n) is 11.8. The van der Waals surface area contributed by atoms with E-state index in [1.807, 2.05) is 28.8 Å². The molecule has 2 aromatic carbocycles. The Morgan fingerprint density at radius 1 is 1.09 bits per heavy atom. The molecule has 1 fully saturated rings. The maximum absolute atomic E-state index is 10.6. The first-order chi connectivity index (χ1) is 17.0. The van der Waals surface area contributed by atoms with Crippen molar-refractivity contribution in [2.45, 2.75) is 12.6 Å². The van der Waals surface area contributed by atoms with Crippen molar-refractivity contribution in [3.63, 3.8) is 0 Å². The van der Waals surface area contributed by atoms with Gasteiger partial charge < -0.3 is 19.5 Å². The van der Waals surface area contributed by atoms with E-state index in [0.717, 1.165) is 47.1 Å². The van der Waals surface area contributed by atoms with Gasteiger partial charge >= 0.3 is 0 Å². The number of hydrogen-bond donors (Lipinski definition) is 1. The molecule has 1 N–H and O–H groups in total. The van der Waals surface area contributed by atoms with Crippen LogP contribution in [0.2, 0.25) is 0 Å². The second-order valence-corrected chi connectivity index (χ2v) is 9.76. The Morgan fingerprint density at radius 2 is 1.91 bits per heavy atom. The first kappa shape index (κ1) is 21.6. The third-order valence-corrected chi connectivity index (χ3v) is 7.06. The number of hydrogen-bond acceptors (Lipinski definition) is 6. The van der Waals surface area contributed by atoms with Crippen molar-refractivity contribution >= 4 is 5.69 Å². The van der Waals surface area contributed by atoms with E-state index in [1.54, 1.807) is 6.33 Å². The molecule has 1 saturated heterocycles. The van der Waals surface area contributed by atoms with Crippen LogP contribution in [-0.2, 0) is 6.54 Å². The number of aliphatic hydroxyl groups is 1. The van der Waals surface area contributed by atoms with Crippen molar-refractivity contribution in [2.24, 2.45) is 5.92 Å². The van der Waals surface area contributed by atoms with Crippen LogP contribution in [0.25, 0.3) is 28.3 Å². The van der Waals surface area contributed by atoms with Gasteiger partial charge in [-0.3, -0.25) is 4.57 Å². The largest absolute Gasteiger partial charge is 0.391 e. The van der Waals surface area contributed by atoms with Crippen LogP contribution in [0.15, 0.2) is 61.1 Å². The van der Waals surface area contributed by atoms with Crippen LogP contribution in [0.4, 0.5) is 5.69 Å². The van der Waals surface area contributed by atoms with E-state index in [9.17, 15) is 5.11 Å². The van der Waals surface area contributed by atoms with E-state index in [-0.39, 0.29) is 12.0 Å². The highest BCUT2D eigenvalue weighted by Gasteiger charge is 2.32. The van der Waals surface area contributed by atoms with E-state index in [0.29, 0.717) is 18.7 Å². The van der Waals surface area contributed by atoms with Crippen LogP contribution in [-0.4, -0.2) is 69.2 Å². The summed E-state index contributed by atoms with van der Waals surface area (Å²) in [6.07, 6.45) is 3.58. The van der Waals surface area contributed by atoms with E-state index in [1.165, 1.54) is 5.56 Å². The molecule has 0 spiro atoms. The molecule has 4 heterocycles. The lowest BCUT2D eigenvalue weighted by Crippen LogP contribution is -2.29. The molecule has 0 unspecified atom stereocenters. The molecule has 0 bridgehead atoms. The zero-order chi connectivity index (χ0) is 24.1. The SMILES string of the molecule is CN(C)C[C@H]1CN(c2ccc3c(c2)Cn2cc(-c4ccc(C#N)cc4)cc2-c2nncn2-3)C[C@H]1O. The molecule has 8 nitrogen and oxygen atoms in total. The number of aliphatic hydroxyl groups excluding tert-OH is 1. The third kappa shape index (κ3) is 3.79. The Balaban J connectivity index is 1.36. The molecule has 0 amide bonds. The molecule has 0 aliphatic carbocycles. The van der Waals surface area contributed by atoms with Gasteiger partial charge in [-0.1, -0.05) is 12.1 Å². The second kappa shape index (κ2) is 8.38. The quantitative estimate of drug-likeness (QED) is 0.439. The molecule has 176 valence electrons. The van der Waals surface area contributed by atoms with Gasteiger partial charge in [0.25, 0.3) is 0 Å². The van der Waals surface area contributed by atoms with Crippen LogP contribution < -0.4 is 4.90 Å². The van der Waals surface area contributed by atoms with E-state index < -0.39 is 0 Å². The smallest absolute Gasteiger partial charge is 0.185 e. The van der Waals surface area contributed by atoms with Gasteiger partial charge in [-0.25, -0.2) is 0 Å². The van der Waals surface area contributed by atoms with Gasteiger partial charge in [-0.15, -0.1) is 10.2 Å². The fourth-order valence-electron chi connectivity index (χ4n) is 5.34. The van der Waals surface area contributed by atoms with Crippen molar-refractivity contribution in [3.05, 3.63) is 72.2 Å². The molecular weight excluding hydrogens is 438 g/mol. The summed E-state index contributed by atoms with van der Waals surface area (Å²) < 4.78 is 4.27. The molecule has 35 heavy (non-hydrogen) atoms. The molecule has 2 atom stereocenters. The monoisotopic (exact) mass is 465 g/mol. The molecule has 6 rings (SSSR count). The third-order valence-electron chi connectivity index (χ3n) is 7.06. The number of benzene rings is 2. The van der Waals surface area contributed by atoms with Gasteiger partial charge in [-0.05, 0) is 61.6 Å². The maximum atomic E-state index is 10.6. The molecular formula is C27H27N7O. The predicted molar refractivity (Wildman–Crippen MR) is 134 cm³/mol. The van der Waals surface area contributed by atoms with E-state index in [2.05, 4.69) is 75.2 Å². The summed E-state index contributed by atoms with van der Waals surface area (Å²) in [6, 6.07) is 18.5. The number of nitrogens with zero attached hydrogens (tertiary/aromatic N) is 7. The topological polar surface area (TPSA) is 86.1 Å².